The zero-order valence-electron chi connectivity index (χ0n) is 12.0. The van der Waals surface area contributed by atoms with Crippen LogP contribution in [0.2, 0.25) is 0 Å². The van der Waals surface area contributed by atoms with Gasteiger partial charge in [-0.1, -0.05) is 25.3 Å². The maximum absolute atomic E-state index is 12.2. The van der Waals surface area contributed by atoms with Crippen molar-refractivity contribution in [3.05, 3.63) is 23.9 Å². The van der Waals surface area contributed by atoms with E-state index in [0.29, 0.717) is 12.4 Å². The van der Waals surface area contributed by atoms with Gasteiger partial charge in [0.1, 0.15) is 0 Å². The van der Waals surface area contributed by atoms with Crippen LogP contribution in [0.1, 0.15) is 37.7 Å². The van der Waals surface area contributed by atoms with Crippen LogP contribution in [-0.2, 0) is 11.3 Å². The Balaban J connectivity index is 1.86. The fraction of sp³-hybridized carbons (Fsp3) is 0.600. The molecule has 5 nitrogen and oxygen atoms in total. The second kappa shape index (κ2) is 7.24. The number of rotatable bonds is 4. The van der Waals surface area contributed by atoms with Crippen LogP contribution in [0.5, 0.6) is 5.88 Å². The van der Waals surface area contributed by atoms with Gasteiger partial charge in [0.15, 0.2) is 0 Å². The molecule has 1 fully saturated rings. The number of methoxy groups -OCH3 is 1. The van der Waals surface area contributed by atoms with E-state index in [4.69, 9.17) is 10.5 Å². The van der Waals surface area contributed by atoms with Gasteiger partial charge in [0.05, 0.1) is 13.0 Å². The van der Waals surface area contributed by atoms with Crippen LogP contribution in [0, 0.1) is 5.92 Å². The van der Waals surface area contributed by atoms with Gasteiger partial charge in [-0.15, -0.1) is 0 Å². The summed E-state index contributed by atoms with van der Waals surface area (Å²) in [5.41, 5.74) is 7.06. The first-order valence-electron chi connectivity index (χ1n) is 7.23. The molecule has 0 aromatic carbocycles. The lowest BCUT2D eigenvalue weighted by Crippen LogP contribution is -2.41. The first-order valence-corrected chi connectivity index (χ1v) is 7.23. The fourth-order valence-corrected chi connectivity index (χ4v) is 2.62. The van der Waals surface area contributed by atoms with Crippen molar-refractivity contribution >= 4 is 5.91 Å². The van der Waals surface area contributed by atoms with Crippen molar-refractivity contribution < 1.29 is 9.53 Å². The fourth-order valence-electron chi connectivity index (χ4n) is 2.62. The number of ether oxygens (including phenoxy) is 1. The first-order chi connectivity index (χ1) is 9.70. The number of nitrogens with one attached hydrogen (secondary N) is 1. The second-order valence-corrected chi connectivity index (χ2v) is 5.33. The minimum atomic E-state index is -0.0521. The number of nitrogens with two attached hydrogens (primary N) is 1. The molecule has 110 valence electrons. The van der Waals surface area contributed by atoms with E-state index in [-0.39, 0.29) is 17.9 Å². The highest BCUT2D eigenvalue weighted by Crippen LogP contribution is 2.22. The number of hydrogen-bond donors (Lipinski definition) is 2. The van der Waals surface area contributed by atoms with E-state index in [1.165, 1.54) is 6.42 Å². The lowest BCUT2D eigenvalue weighted by molar-refractivity contribution is -0.126. The predicted molar refractivity (Wildman–Crippen MR) is 77.2 cm³/mol. The summed E-state index contributed by atoms with van der Waals surface area (Å²) in [4.78, 5) is 16.3. The summed E-state index contributed by atoms with van der Waals surface area (Å²) in [6.07, 6.45) is 6.96. The van der Waals surface area contributed by atoms with E-state index in [9.17, 15) is 4.79 Å². The second-order valence-electron chi connectivity index (χ2n) is 5.33. The zero-order valence-corrected chi connectivity index (χ0v) is 12.0. The Morgan fingerprint density at radius 1 is 1.40 bits per heavy atom. The molecule has 3 N–H and O–H groups in total. The smallest absolute Gasteiger partial charge is 0.224 e. The molecule has 1 aliphatic rings. The molecule has 1 aromatic heterocycles. The van der Waals surface area contributed by atoms with Crippen molar-refractivity contribution in [2.75, 3.05) is 7.11 Å². The largest absolute Gasteiger partial charge is 0.481 e. The third-order valence-corrected chi connectivity index (χ3v) is 3.88. The Morgan fingerprint density at radius 3 is 2.90 bits per heavy atom. The summed E-state index contributed by atoms with van der Waals surface area (Å²) in [6.45, 7) is 0.485. The molecule has 0 spiro atoms. The average molecular weight is 277 g/mol. The lowest BCUT2D eigenvalue weighted by atomic mass is 9.94. The van der Waals surface area contributed by atoms with Crippen LogP contribution >= 0.6 is 0 Å². The van der Waals surface area contributed by atoms with E-state index in [2.05, 4.69) is 10.3 Å². The Labute approximate surface area is 119 Å². The molecule has 0 bridgehead atoms. The van der Waals surface area contributed by atoms with Gasteiger partial charge in [0.25, 0.3) is 0 Å². The van der Waals surface area contributed by atoms with E-state index in [1.54, 1.807) is 19.4 Å². The van der Waals surface area contributed by atoms with Crippen molar-refractivity contribution in [1.29, 1.82) is 0 Å². The van der Waals surface area contributed by atoms with Gasteiger partial charge >= 0.3 is 0 Å². The molecule has 2 rings (SSSR count). The molecule has 2 atom stereocenters. The normalized spacial score (nSPS) is 22.9. The molecule has 0 radical (unpaired) electrons. The molecule has 0 aliphatic heterocycles. The maximum Gasteiger partial charge on any atom is 0.224 e. The van der Waals surface area contributed by atoms with Crippen LogP contribution in [0.3, 0.4) is 0 Å². The molecular weight excluding hydrogens is 254 g/mol. The SMILES string of the molecule is COc1ccc(CNC(=O)C2CCCCCC2N)cn1. The highest BCUT2D eigenvalue weighted by molar-refractivity contribution is 5.79. The minimum absolute atomic E-state index is 0.00788. The lowest BCUT2D eigenvalue weighted by Gasteiger charge is -2.20. The maximum atomic E-state index is 12.2. The standard InChI is InChI=1S/C15H23N3O2/c1-20-14-8-7-11(9-17-14)10-18-15(19)12-5-3-2-4-6-13(12)16/h7-9,12-13H,2-6,10,16H2,1H3,(H,18,19). The monoisotopic (exact) mass is 277 g/mol. The van der Waals surface area contributed by atoms with E-state index in [1.807, 2.05) is 6.07 Å². The molecule has 1 heterocycles. The van der Waals surface area contributed by atoms with Crippen LogP contribution in [-0.4, -0.2) is 24.0 Å². The molecule has 0 saturated heterocycles. The van der Waals surface area contributed by atoms with Gasteiger partial charge in [-0.25, -0.2) is 4.98 Å². The Kier molecular flexibility index (Phi) is 5.35. The van der Waals surface area contributed by atoms with Gasteiger partial charge < -0.3 is 15.8 Å². The minimum Gasteiger partial charge on any atom is -0.481 e. The molecule has 1 aliphatic carbocycles. The van der Waals surface area contributed by atoms with Crippen LogP contribution in [0.25, 0.3) is 0 Å². The molecule has 2 unspecified atom stereocenters. The highest BCUT2D eigenvalue weighted by Gasteiger charge is 2.26. The topological polar surface area (TPSA) is 77.2 Å². The van der Waals surface area contributed by atoms with Gasteiger partial charge in [0, 0.05) is 24.8 Å². The quantitative estimate of drug-likeness (QED) is 0.820. The molecule has 5 heteroatoms. The first kappa shape index (κ1) is 14.8. The summed E-state index contributed by atoms with van der Waals surface area (Å²) in [6, 6.07) is 3.68. The van der Waals surface area contributed by atoms with Gasteiger partial charge in [-0.2, -0.15) is 0 Å². The van der Waals surface area contributed by atoms with Crippen LogP contribution in [0.15, 0.2) is 18.3 Å². The summed E-state index contributed by atoms with van der Waals surface area (Å²) in [5.74, 6) is 0.588. The summed E-state index contributed by atoms with van der Waals surface area (Å²) in [5, 5.41) is 2.96. The third-order valence-electron chi connectivity index (χ3n) is 3.88. The van der Waals surface area contributed by atoms with Gasteiger partial charge in [0.2, 0.25) is 11.8 Å². The van der Waals surface area contributed by atoms with Crippen molar-refractivity contribution in [2.45, 2.75) is 44.7 Å². The number of nitrogens with zero attached hydrogens (tertiary/aromatic N) is 1. The number of pyridine rings is 1. The molecule has 1 saturated carbocycles. The van der Waals surface area contributed by atoms with Crippen molar-refractivity contribution in [3.8, 4) is 5.88 Å². The summed E-state index contributed by atoms with van der Waals surface area (Å²) >= 11 is 0. The molecule has 1 aromatic rings. The predicted octanol–water partition coefficient (Wildman–Crippen LogP) is 1.61. The van der Waals surface area contributed by atoms with Gasteiger partial charge in [-0.3, -0.25) is 4.79 Å². The van der Waals surface area contributed by atoms with E-state index in [0.717, 1.165) is 31.2 Å². The summed E-state index contributed by atoms with van der Waals surface area (Å²) in [7, 11) is 1.58. The Bertz CT molecular complexity index is 433. The zero-order chi connectivity index (χ0) is 14.4. The van der Waals surface area contributed by atoms with Crippen LogP contribution in [0.4, 0.5) is 0 Å². The highest BCUT2D eigenvalue weighted by atomic mass is 16.5. The van der Waals surface area contributed by atoms with E-state index < -0.39 is 0 Å². The number of aromatic nitrogens is 1. The molecular formula is C15H23N3O2. The molecule has 1 amide bonds. The molecule has 20 heavy (non-hydrogen) atoms. The van der Waals surface area contributed by atoms with Gasteiger partial charge in [-0.05, 0) is 18.4 Å². The van der Waals surface area contributed by atoms with Crippen molar-refractivity contribution in [2.24, 2.45) is 11.7 Å². The Hall–Kier alpha value is -1.62. The Morgan fingerprint density at radius 2 is 2.20 bits per heavy atom. The van der Waals surface area contributed by atoms with Crippen molar-refractivity contribution in [1.82, 2.24) is 10.3 Å². The van der Waals surface area contributed by atoms with Crippen LogP contribution < -0.4 is 15.8 Å². The van der Waals surface area contributed by atoms with E-state index >= 15 is 0 Å². The summed E-state index contributed by atoms with van der Waals surface area (Å²) < 4.78 is 5.00. The average Bonchev–Trinajstić information content (AvgIpc) is 2.70. The number of carbonyl (C=O) groups excluding carboxylic acids is 1. The third kappa shape index (κ3) is 3.93. The van der Waals surface area contributed by atoms with Crippen molar-refractivity contribution in [3.63, 3.8) is 0 Å². The number of amides is 1. The number of hydrogen-bond acceptors (Lipinski definition) is 4. The number of carbonyl (C=O) groups is 1.